The van der Waals surface area contributed by atoms with Gasteiger partial charge in [-0.3, -0.25) is 0 Å². The van der Waals surface area contributed by atoms with Crippen molar-refractivity contribution in [2.45, 2.75) is 0 Å². The highest BCUT2D eigenvalue weighted by atomic mass is 19.1. The van der Waals surface area contributed by atoms with E-state index in [-0.39, 0.29) is 6.61 Å². The molecule has 0 aliphatic heterocycles. The van der Waals surface area contributed by atoms with E-state index in [9.17, 15) is 4.39 Å². The van der Waals surface area contributed by atoms with Crippen molar-refractivity contribution in [3.05, 3.63) is 0 Å². The molecule has 0 aliphatic carbocycles. The number of alkyl halides is 1. The zero-order valence-electron chi connectivity index (χ0n) is 4.24. The van der Waals surface area contributed by atoms with E-state index in [4.69, 9.17) is 5.11 Å². The fourth-order valence-electron chi connectivity index (χ4n) is 0.161. The lowest BCUT2D eigenvalue weighted by atomic mass is 10.5. The van der Waals surface area contributed by atoms with E-state index in [0.717, 1.165) is 0 Å². The van der Waals surface area contributed by atoms with Crippen LogP contribution in [0.5, 0.6) is 0 Å². The van der Waals surface area contributed by atoms with Gasteiger partial charge in [0.15, 0.2) is 6.67 Å². The number of halogens is 1. The van der Waals surface area contributed by atoms with Crippen LogP contribution in [-0.4, -0.2) is 18.4 Å². The standard InChI is InChI=1S/C6H5FO/c7-5-3-1-2-4-6-8/h8H,5-6H2. The maximum atomic E-state index is 11.1. The Balaban J connectivity index is 3.40. The summed E-state index contributed by atoms with van der Waals surface area (Å²) in [5, 5.41) is 8.03. The van der Waals surface area contributed by atoms with Gasteiger partial charge in [0.2, 0.25) is 0 Å². The van der Waals surface area contributed by atoms with Gasteiger partial charge in [-0.2, -0.15) is 0 Å². The molecule has 8 heavy (non-hydrogen) atoms. The third-order valence-corrected chi connectivity index (χ3v) is 0.385. The van der Waals surface area contributed by atoms with Crippen LogP contribution in [0.1, 0.15) is 0 Å². The first kappa shape index (κ1) is 7.01. The van der Waals surface area contributed by atoms with Crippen LogP contribution in [0.4, 0.5) is 4.39 Å². The van der Waals surface area contributed by atoms with Crippen molar-refractivity contribution in [2.24, 2.45) is 0 Å². The fraction of sp³-hybridized carbons (Fsp3) is 0.333. The maximum Gasteiger partial charge on any atom is 0.151 e. The minimum absolute atomic E-state index is 0.221. The van der Waals surface area contributed by atoms with Crippen molar-refractivity contribution in [1.29, 1.82) is 0 Å². The summed E-state index contributed by atoms with van der Waals surface area (Å²) in [5.41, 5.74) is 0. The minimum Gasteiger partial charge on any atom is -0.384 e. The Hall–Kier alpha value is -0.990. The van der Waals surface area contributed by atoms with Gasteiger partial charge >= 0.3 is 0 Å². The van der Waals surface area contributed by atoms with Gasteiger partial charge in [-0.15, -0.1) is 0 Å². The summed E-state index contributed by atoms with van der Waals surface area (Å²) < 4.78 is 11.1. The molecule has 0 heterocycles. The Morgan fingerprint density at radius 2 is 1.88 bits per heavy atom. The molecule has 0 aromatic rings. The molecular formula is C6H5FO. The minimum atomic E-state index is -0.680. The summed E-state index contributed by atoms with van der Waals surface area (Å²) in [5.74, 6) is 8.75. The molecule has 0 aliphatic rings. The van der Waals surface area contributed by atoms with Gasteiger partial charge in [0.05, 0.1) is 0 Å². The van der Waals surface area contributed by atoms with Crippen molar-refractivity contribution in [2.75, 3.05) is 13.3 Å². The average molecular weight is 112 g/mol. The lowest BCUT2D eigenvalue weighted by Crippen LogP contribution is -1.69. The molecule has 0 radical (unpaired) electrons. The second kappa shape index (κ2) is 6.01. The zero-order valence-corrected chi connectivity index (χ0v) is 4.24. The van der Waals surface area contributed by atoms with Gasteiger partial charge in [-0.1, -0.05) is 11.8 Å². The molecule has 0 aromatic carbocycles. The van der Waals surface area contributed by atoms with Crippen molar-refractivity contribution < 1.29 is 9.50 Å². The first-order valence-corrected chi connectivity index (χ1v) is 2.04. The number of hydrogen-bond donors (Lipinski definition) is 1. The molecule has 0 rings (SSSR count). The van der Waals surface area contributed by atoms with Crippen molar-refractivity contribution >= 4 is 0 Å². The number of rotatable bonds is 0. The molecule has 42 valence electrons. The first-order chi connectivity index (χ1) is 3.91. The Bertz CT molecular complexity index is 133. The molecule has 0 amide bonds. The fourth-order valence-corrected chi connectivity index (χ4v) is 0.161. The van der Waals surface area contributed by atoms with Crippen molar-refractivity contribution in [1.82, 2.24) is 0 Å². The Labute approximate surface area is 47.5 Å². The zero-order chi connectivity index (χ0) is 6.24. The maximum absolute atomic E-state index is 11.1. The smallest absolute Gasteiger partial charge is 0.151 e. The molecule has 0 unspecified atom stereocenters. The molecule has 0 atom stereocenters. The van der Waals surface area contributed by atoms with E-state index in [1.54, 1.807) is 0 Å². The SMILES string of the molecule is OCC#CC#CCF. The van der Waals surface area contributed by atoms with E-state index < -0.39 is 6.67 Å². The molecular weight excluding hydrogens is 107 g/mol. The van der Waals surface area contributed by atoms with E-state index in [0.29, 0.717) is 0 Å². The van der Waals surface area contributed by atoms with Crippen LogP contribution in [0, 0.1) is 23.7 Å². The van der Waals surface area contributed by atoms with Gasteiger partial charge in [0.1, 0.15) is 6.61 Å². The van der Waals surface area contributed by atoms with E-state index in [1.165, 1.54) is 0 Å². The lowest BCUT2D eigenvalue weighted by Gasteiger charge is -1.63. The Morgan fingerprint density at radius 3 is 2.38 bits per heavy atom. The summed E-state index contributed by atoms with van der Waals surface area (Å²) >= 11 is 0. The van der Waals surface area contributed by atoms with Gasteiger partial charge < -0.3 is 5.11 Å². The molecule has 2 heteroatoms. The number of aliphatic hydroxyl groups is 1. The summed E-state index contributed by atoms with van der Waals surface area (Å²) in [6.45, 7) is -0.902. The van der Waals surface area contributed by atoms with Crippen molar-refractivity contribution in [3.63, 3.8) is 0 Å². The third kappa shape index (κ3) is 5.01. The molecule has 0 fully saturated rings. The normalized spacial score (nSPS) is 5.75. The van der Waals surface area contributed by atoms with Crippen LogP contribution < -0.4 is 0 Å². The molecule has 1 N–H and O–H groups in total. The Morgan fingerprint density at radius 1 is 1.25 bits per heavy atom. The lowest BCUT2D eigenvalue weighted by molar-refractivity contribution is 0.350. The van der Waals surface area contributed by atoms with E-state index in [1.807, 2.05) is 0 Å². The summed E-state index contributed by atoms with van der Waals surface area (Å²) in [7, 11) is 0. The van der Waals surface area contributed by atoms with Gasteiger partial charge in [-0.25, -0.2) is 4.39 Å². The summed E-state index contributed by atoms with van der Waals surface area (Å²) in [6, 6.07) is 0. The van der Waals surface area contributed by atoms with Crippen LogP contribution in [0.25, 0.3) is 0 Å². The molecule has 0 saturated carbocycles. The second-order valence-corrected chi connectivity index (χ2v) is 0.895. The Kier molecular flexibility index (Phi) is 5.27. The van der Waals surface area contributed by atoms with Crippen LogP contribution in [0.2, 0.25) is 0 Å². The quantitative estimate of drug-likeness (QED) is 0.436. The summed E-state index contributed by atoms with van der Waals surface area (Å²) in [6.07, 6.45) is 0. The largest absolute Gasteiger partial charge is 0.384 e. The summed E-state index contributed by atoms with van der Waals surface area (Å²) in [4.78, 5) is 0. The van der Waals surface area contributed by atoms with E-state index >= 15 is 0 Å². The highest BCUT2D eigenvalue weighted by Gasteiger charge is 1.59. The molecule has 0 bridgehead atoms. The van der Waals surface area contributed by atoms with Crippen LogP contribution in [-0.2, 0) is 0 Å². The van der Waals surface area contributed by atoms with Gasteiger partial charge in [0.25, 0.3) is 0 Å². The predicted octanol–water partition coefficient (Wildman–Crippen LogP) is -0.0450. The predicted molar refractivity (Wildman–Crippen MR) is 28.6 cm³/mol. The average Bonchev–Trinajstić information content (AvgIpc) is 1.81. The van der Waals surface area contributed by atoms with Crippen molar-refractivity contribution in [3.8, 4) is 23.7 Å². The topological polar surface area (TPSA) is 20.2 Å². The number of hydrogen-bond acceptors (Lipinski definition) is 1. The van der Waals surface area contributed by atoms with E-state index in [2.05, 4.69) is 23.7 Å². The highest BCUT2D eigenvalue weighted by molar-refractivity contribution is 5.25. The third-order valence-electron chi connectivity index (χ3n) is 0.385. The molecule has 0 aromatic heterocycles. The van der Waals surface area contributed by atoms with Gasteiger partial charge in [-0.05, 0) is 11.8 Å². The monoisotopic (exact) mass is 112 g/mol. The first-order valence-electron chi connectivity index (χ1n) is 2.04. The van der Waals surface area contributed by atoms with Crippen LogP contribution in [0.3, 0.4) is 0 Å². The molecule has 0 saturated heterocycles. The van der Waals surface area contributed by atoms with Gasteiger partial charge in [0, 0.05) is 0 Å². The molecule has 1 nitrogen and oxygen atoms in total. The van der Waals surface area contributed by atoms with Crippen LogP contribution >= 0.6 is 0 Å². The van der Waals surface area contributed by atoms with Crippen LogP contribution in [0.15, 0.2) is 0 Å². The molecule has 0 spiro atoms. The highest BCUT2D eigenvalue weighted by Crippen LogP contribution is 1.58. The number of aliphatic hydroxyl groups excluding tert-OH is 1. The second-order valence-electron chi connectivity index (χ2n) is 0.895.